The number of aryl methyl sites for hydroxylation is 1. The van der Waals surface area contributed by atoms with Crippen molar-refractivity contribution < 1.29 is 9.47 Å². The summed E-state index contributed by atoms with van der Waals surface area (Å²) in [5, 5.41) is 7.85. The molecule has 6 heteroatoms. The molecule has 1 aromatic rings. The van der Waals surface area contributed by atoms with Gasteiger partial charge in [0, 0.05) is 18.7 Å². The van der Waals surface area contributed by atoms with Gasteiger partial charge in [0.2, 0.25) is 0 Å². The first kappa shape index (κ1) is 17.4. The van der Waals surface area contributed by atoms with Crippen molar-refractivity contribution >= 4 is 23.0 Å². The van der Waals surface area contributed by atoms with Gasteiger partial charge in [-0.2, -0.15) is 5.10 Å². The third kappa shape index (κ3) is 5.69. The van der Waals surface area contributed by atoms with Crippen LogP contribution < -0.4 is 15.5 Å². The second-order valence-electron chi connectivity index (χ2n) is 4.84. The van der Waals surface area contributed by atoms with Gasteiger partial charge in [0.15, 0.2) is 5.11 Å². The molecule has 0 aliphatic heterocycles. The Hall–Kier alpha value is -1.66. The van der Waals surface area contributed by atoms with Crippen LogP contribution in [-0.4, -0.2) is 37.7 Å². The average molecular weight is 309 g/mol. The smallest absolute Gasteiger partial charge is 0.187 e. The summed E-state index contributed by atoms with van der Waals surface area (Å²) in [6.07, 6.45) is 0. The fraction of sp³-hybridized carbons (Fsp3) is 0.467. The normalized spacial score (nSPS) is 12.7. The van der Waals surface area contributed by atoms with Crippen LogP contribution in [0, 0.1) is 6.92 Å². The number of hydrogen-bond acceptors (Lipinski definition) is 4. The van der Waals surface area contributed by atoms with E-state index in [0.29, 0.717) is 11.7 Å². The molecular formula is C15H23N3O2S. The molecule has 0 saturated carbocycles. The number of hydrogen-bond donors (Lipinski definition) is 2. The van der Waals surface area contributed by atoms with Gasteiger partial charge < -0.3 is 14.8 Å². The molecule has 0 saturated heterocycles. The van der Waals surface area contributed by atoms with Gasteiger partial charge >= 0.3 is 0 Å². The Labute approximate surface area is 131 Å². The highest BCUT2D eigenvalue weighted by Gasteiger charge is 2.07. The standard InChI is InChI=1S/C15H23N3O2S/c1-10-6-7-14(20-5)13(8-10)12(3)17-18-15(21)16-11(2)9-19-4/h6-8,11H,9H2,1-5H3,(H2,16,18,21)/b17-12-/t11-/m0/s1. The first-order chi connectivity index (χ1) is 9.97. The van der Waals surface area contributed by atoms with Crippen molar-refractivity contribution in [3.63, 3.8) is 0 Å². The third-order valence-electron chi connectivity index (χ3n) is 2.86. The fourth-order valence-electron chi connectivity index (χ4n) is 1.85. The zero-order chi connectivity index (χ0) is 15.8. The molecule has 0 heterocycles. The molecule has 21 heavy (non-hydrogen) atoms. The summed E-state index contributed by atoms with van der Waals surface area (Å²) >= 11 is 5.18. The summed E-state index contributed by atoms with van der Waals surface area (Å²) in [6.45, 7) is 6.50. The summed E-state index contributed by atoms with van der Waals surface area (Å²) in [7, 11) is 3.30. The molecule has 0 aliphatic rings. The van der Waals surface area contributed by atoms with Crippen molar-refractivity contribution in [3.05, 3.63) is 29.3 Å². The number of rotatable bonds is 6. The lowest BCUT2D eigenvalue weighted by molar-refractivity contribution is 0.179. The summed E-state index contributed by atoms with van der Waals surface area (Å²) in [5.41, 5.74) is 5.73. The summed E-state index contributed by atoms with van der Waals surface area (Å²) in [4.78, 5) is 0. The molecule has 1 atom stereocenters. The highest BCUT2D eigenvalue weighted by Crippen LogP contribution is 2.20. The predicted molar refractivity (Wildman–Crippen MR) is 90.1 cm³/mol. The Morgan fingerprint density at radius 3 is 2.71 bits per heavy atom. The van der Waals surface area contributed by atoms with E-state index in [2.05, 4.69) is 15.8 Å². The maximum Gasteiger partial charge on any atom is 0.187 e. The Balaban J connectivity index is 2.72. The minimum atomic E-state index is 0.124. The average Bonchev–Trinajstić information content (AvgIpc) is 2.44. The molecule has 0 spiro atoms. The van der Waals surface area contributed by atoms with Crippen molar-refractivity contribution in [2.24, 2.45) is 5.10 Å². The molecule has 0 amide bonds. The van der Waals surface area contributed by atoms with Crippen molar-refractivity contribution in [3.8, 4) is 5.75 Å². The van der Waals surface area contributed by atoms with Crippen LogP contribution in [0.4, 0.5) is 0 Å². The van der Waals surface area contributed by atoms with Gasteiger partial charge in [-0.25, -0.2) is 0 Å². The molecule has 2 N–H and O–H groups in total. The van der Waals surface area contributed by atoms with Gasteiger partial charge in [-0.05, 0) is 45.1 Å². The van der Waals surface area contributed by atoms with Crippen LogP contribution in [0.1, 0.15) is 25.0 Å². The number of thiocarbonyl (C=S) groups is 1. The molecule has 5 nitrogen and oxygen atoms in total. The first-order valence-corrected chi connectivity index (χ1v) is 7.13. The highest BCUT2D eigenvalue weighted by atomic mass is 32.1. The van der Waals surface area contributed by atoms with Crippen molar-refractivity contribution in [2.75, 3.05) is 20.8 Å². The van der Waals surface area contributed by atoms with Crippen molar-refractivity contribution in [1.29, 1.82) is 0 Å². The maximum atomic E-state index is 5.35. The molecule has 116 valence electrons. The largest absolute Gasteiger partial charge is 0.496 e. The Morgan fingerprint density at radius 2 is 2.10 bits per heavy atom. The quantitative estimate of drug-likeness (QED) is 0.479. The van der Waals surface area contributed by atoms with Crippen LogP contribution in [0.15, 0.2) is 23.3 Å². The number of hydrazone groups is 1. The summed E-state index contributed by atoms with van der Waals surface area (Å²) in [5.74, 6) is 0.787. The SMILES string of the molecule is COC[C@H](C)NC(=S)N/N=C(/C)c1cc(C)ccc1OC. The number of methoxy groups -OCH3 is 2. The molecule has 0 bridgehead atoms. The molecule has 0 radical (unpaired) electrons. The second-order valence-corrected chi connectivity index (χ2v) is 5.25. The number of benzene rings is 1. The minimum absolute atomic E-state index is 0.124. The highest BCUT2D eigenvalue weighted by molar-refractivity contribution is 7.80. The second kappa shape index (κ2) is 8.59. The Morgan fingerprint density at radius 1 is 1.38 bits per heavy atom. The third-order valence-corrected chi connectivity index (χ3v) is 3.07. The summed E-state index contributed by atoms with van der Waals surface area (Å²) in [6, 6.07) is 6.09. The lowest BCUT2D eigenvalue weighted by Gasteiger charge is -2.15. The van der Waals surface area contributed by atoms with E-state index in [1.54, 1.807) is 14.2 Å². The van der Waals surface area contributed by atoms with E-state index < -0.39 is 0 Å². The van der Waals surface area contributed by atoms with Gasteiger partial charge in [-0.3, -0.25) is 5.43 Å². The van der Waals surface area contributed by atoms with Gasteiger partial charge in [0.25, 0.3) is 0 Å². The van der Waals surface area contributed by atoms with Gasteiger partial charge in [-0.15, -0.1) is 0 Å². The molecule has 1 rings (SSSR count). The Bertz CT molecular complexity index is 518. The van der Waals surface area contributed by atoms with Gasteiger partial charge in [-0.1, -0.05) is 11.6 Å². The van der Waals surface area contributed by atoms with E-state index in [1.165, 1.54) is 0 Å². The topological polar surface area (TPSA) is 54.9 Å². The lowest BCUT2D eigenvalue weighted by Crippen LogP contribution is -2.40. The van der Waals surface area contributed by atoms with Gasteiger partial charge in [0.1, 0.15) is 5.75 Å². The maximum absolute atomic E-state index is 5.35. The zero-order valence-electron chi connectivity index (χ0n) is 13.2. The Kier molecular flexibility index (Phi) is 7.11. The van der Waals surface area contributed by atoms with E-state index in [9.17, 15) is 0 Å². The number of ether oxygens (including phenoxy) is 2. The van der Waals surface area contributed by atoms with Crippen LogP contribution in [0.25, 0.3) is 0 Å². The molecule has 0 fully saturated rings. The summed E-state index contributed by atoms with van der Waals surface area (Å²) < 4.78 is 10.4. The molecule has 0 aliphatic carbocycles. The zero-order valence-corrected chi connectivity index (χ0v) is 14.0. The predicted octanol–water partition coefficient (Wildman–Crippen LogP) is 2.23. The lowest BCUT2D eigenvalue weighted by atomic mass is 10.1. The van der Waals surface area contributed by atoms with Crippen LogP contribution in [0.5, 0.6) is 5.75 Å². The molecular weight excluding hydrogens is 286 g/mol. The van der Waals surface area contributed by atoms with E-state index in [0.717, 1.165) is 22.6 Å². The first-order valence-electron chi connectivity index (χ1n) is 6.72. The van der Waals surface area contributed by atoms with E-state index >= 15 is 0 Å². The minimum Gasteiger partial charge on any atom is -0.496 e. The van der Waals surface area contributed by atoms with Crippen molar-refractivity contribution in [1.82, 2.24) is 10.7 Å². The number of nitrogens with zero attached hydrogens (tertiary/aromatic N) is 1. The van der Waals surface area contributed by atoms with Crippen LogP contribution in [0.2, 0.25) is 0 Å². The van der Waals surface area contributed by atoms with Crippen LogP contribution in [0.3, 0.4) is 0 Å². The fourth-order valence-corrected chi connectivity index (χ4v) is 2.09. The monoisotopic (exact) mass is 309 g/mol. The van der Waals surface area contributed by atoms with Crippen LogP contribution in [-0.2, 0) is 4.74 Å². The van der Waals surface area contributed by atoms with E-state index in [-0.39, 0.29) is 6.04 Å². The van der Waals surface area contributed by atoms with Crippen LogP contribution >= 0.6 is 12.2 Å². The number of nitrogens with one attached hydrogen (secondary N) is 2. The molecule has 1 aromatic carbocycles. The molecule has 0 unspecified atom stereocenters. The van der Waals surface area contributed by atoms with Crippen molar-refractivity contribution in [2.45, 2.75) is 26.8 Å². The molecule has 0 aromatic heterocycles. The van der Waals surface area contributed by atoms with E-state index in [1.807, 2.05) is 39.0 Å². The van der Waals surface area contributed by atoms with Gasteiger partial charge in [0.05, 0.1) is 19.4 Å². The van der Waals surface area contributed by atoms with E-state index in [4.69, 9.17) is 21.7 Å².